The van der Waals surface area contributed by atoms with Crippen molar-refractivity contribution in [1.82, 2.24) is 29.9 Å². The zero-order chi connectivity index (χ0) is 34.5. The molecule has 2 N–H and O–H groups in total. The van der Waals surface area contributed by atoms with E-state index in [1.54, 1.807) is 12.3 Å². The van der Waals surface area contributed by atoms with E-state index in [1.807, 2.05) is 47.7 Å². The summed E-state index contributed by atoms with van der Waals surface area (Å²) in [5.74, 6) is -0.781. The maximum absolute atomic E-state index is 14.4. The van der Waals surface area contributed by atoms with E-state index < -0.39 is 11.7 Å². The number of halogens is 1. The van der Waals surface area contributed by atoms with Gasteiger partial charge in [0.1, 0.15) is 28.5 Å². The second kappa shape index (κ2) is 15.2. The molecule has 1 saturated carbocycles. The molecule has 1 saturated heterocycles. The highest BCUT2D eigenvalue weighted by molar-refractivity contribution is 5.96. The number of benzene rings is 2. The Labute approximate surface area is 290 Å². The van der Waals surface area contributed by atoms with Gasteiger partial charge in [0.25, 0.3) is 11.8 Å². The average Bonchev–Trinajstić information content (AvgIpc) is 3.42. The van der Waals surface area contributed by atoms with Gasteiger partial charge in [0, 0.05) is 50.2 Å². The van der Waals surface area contributed by atoms with Gasteiger partial charge < -0.3 is 24.5 Å². The molecule has 0 atom stereocenters. The molecule has 5 aromatic rings. The first-order valence-corrected chi connectivity index (χ1v) is 17.3. The second-order valence-electron chi connectivity index (χ2n) is 13.1. The molecule has 2 aromatic carbocycles. The summed E-state index contributed by atoms with van der Waals surface area (Å²) in [5.41, 5.74) is 5.34. The topological polar surface area (TPSA) is 110 Å². The SMILES string of the molecule is Cc1cccc2nc(C(=O)NC3CCC(NC(=O)c4cc(F)cnc4Oc4cccc(-c5ccc(CN6CCCOCC6)cc5)c4)CC3)cn12. The molecule has 11 heteroatoms. The smallest absolute Gasteiger partial charge is 0.271 e. The van der Waals surface area contributed by atoms with Crippen LogP contribution < -0.4 is 15.4 Å². The zero-order valence-corrected chi connectivity index (χ0v) is 28.1. The lowest BCUT2D eigenvalue weighted by molar-refractivity contribution is 0.0888. The van der Waals surface area contributed by atoms with Crippen LogP contribution in [0.3, 0.4) is 0 Å². The van der Waals surface area contributed by atoms with Crippen LogP contribution in [0.5, 0.6) is 11.6 Å². The number of carbonyl (C=O) groups is 2. The van der Waals surface area contributed by atoms with Gasteiger partial charge in [0.05, 0.1) is 12.8 Å². The summed E-state index contributed by atoms with van der Waals surface area (Å²) >= 11 is 0. The molecule has 1 aliphatic carbocycles. The van der Waals surface area contributed by atoms with Crippen molar-refractivity contribution >= 4 is 17.5 Å². The molecule has 0 bridgehead atoms. The predicted molar refractivity (Wildman–Crippen MR) is 188 cm³/mol. The first-order chi connectivity index (χ1) is 24.4. The number of ether oxygens (including phenoxy) is 2. The summed E-state index contributed by atoms with van der Waals surface area (Å²) in [6.45, 7) is 6.41. The Balaban J connectivity index is 0.952. The van der Waals surface area contributed by atoms with Gasteiger partial charge in [-0.2, -0.15) is 0 Å². The van der Waals surface area contributed by atoms with Gasteiger partial charge in [-0.25, -0.2) is 14.4 Å². The van der Waals surface area contributed by atoms with Gasteiger partial charge in [0.15, 0.2) is 0 Å². The maximum Gasteiger partial charge on any atom is 0.271 e. The first-order valence-electron chi connectivity index (χ1n) is 17.3. The second-order valence-corrected chi connectivity index (χ2v) is 13.1. The molecule has 4 heterocycles. The van der Waals surface area contributed by atoms with Crippen LogP contribution in [-0.2, 0) is 11.3 Å². The van der Waals surface area contributed by atoms with E-state index in [9.17, 15) is 14.0 Å². The van der Waals surface area contributed by atoms with Crippen molar-refractivity contribution in [2.45, 2.75) is 57.7 Å². The van der Waals surface area contributed by atoms with E-state index in [4.69, 9.17) is 9.47 Å². The molecule has 10 nitrogen and oxygen atoms in total. The van der Waals surface area contributed by atoms with Crippen LogP contribution in [0.4, 0.5) is 4.39 Å². The van der Waals surface area contributed by atoms with Crippen molar-refractivity contribution in [3.8, 4) is 22.8 Å². The molecule has 1 aliphatic heterocycles. The van der Waals surface area contributed by atoms with Crippen LogP contribution in [0.1, 0.15) is 64.2 Å². The van der Waals surface area contributed by atoms with Crippen LogP contribution in [0.15, 0.2) is 85.2 Å². The number of hydrogen-bond acceptors (Lipinski definition) is 7. The lowest BCUT2D eigenvalue weighted by Crippen LogP contribution is -2.44. The molecule has 2 aliphatic rings. The van der Waals surface area contributed by atoms with Gasteiger partial charge in [-0.3, -0.25) is 14.5 Å². The summed E-state index contributed by atoms with van der Waals surface area (Å²) in [5, 5.41) is 6.12. The van der Waals surface area contributed by atoms with Crippen molar-refractivity contribution in [3.63, 3.8) is 0 Å². The van der Waals surface area contributed by atoms with Crippen LogP contribution >= 0.6 is 0 Å². The van der Waals surface area contributed by atoms with Crippen LogP contribution in [0.2, 0.25) is 0 Å². The Morgan fingerprint density at radius 3 is 2.44 bits per heavy atom. The number of aryl methyl sites for hydroxylation is 1. The fourth-order valence-corrected chi connectivity index (χ4v) is 6.70. The lowest BCUT2D eigenvalue weighted by atomic mass is 9.91. The highest BCUT2D eigenvalue weighted by Gasteiger charge is 2.26. The van der Waals surface area contributed by atoms with E-state index in [2.05, 4.69) is 49.8 Å². The fourth-order valence-electron chi connectivity index (χ4n) is 6.70. The monoisotopic (exact) mass is 676 g/mol. The Kier molecular flexibility index (Phi) is 10.1. The third kappa shape index (κ3) is 8.01. The summed E-state index contributed by atoms with van der Waals surface area (Å²) in [6.07, 6.45) is 6.54. The number of aromatic nitrogens is 3. The third-order valence-electron chi connectivity index (χ3n) is 9.45. The number of carbonyl (C=O) groups excluding carboxylic acids is 2. The molecule has 0 radical (unpaired) electrons. The van der Waals surface area contributed by atoms with E-state index in [0.717, 1.165) is 74.0 Å². The molecule has 3 aromatic heterocycles. The number of fused-ring (bicyclic) bond motifs is 1. The highest BCUT2D eigenvalue weighted by atomic mass is 19.1. The highest BCUT2D eigenvalue weighted by Crippen LogP contribution is 2.29. The van der Waals surface area contributed by atoms with E-state index in [-0.39, 0.29) is 29.4 Å². The molecule has 2 amide bonds. The van der Waals surface area contributed by atoms with Crippen molar-refractivity contribution in [2.24, 2.45) is 0 Å². The van der Waals surface area contributed by atoms with Gasteiger partial charge in [-0.15, -0.1) is 0 Å². The quantitative estimate of drug-likeness (QED) is 0.188. The van der Waals surface area contributed by atoms with E-state index >= 15 is 0 Å². The number of amides is 2. The molecule has 50 heavy (non-hydrogen) atoms. The van der Waals surface area contributed by atoms with E-state index in [1.165, 1.54) is 5.56 Å². The van der Waals surface area contributed by atoms with Crippen LogP contribution in [0.25, 0.3) is 16.8 Å². The Morgan fingerprint density at radius 2 is 1.66 bits per heavy atom. The molecule has 258 valence electrons. The zero-order valence-electron chi connectivity index (χ0n) is 28.1. The number of pyridine rings is 2. The minimum absolute atomic E-state index is 0.0243. The van der Waals surface area contributed by atoms with Crippen molar-refractivity contribution < 1.29 is 23.5 Å². The molecule has 7 rings (SSSR count). The van der Waals surface area contributed by atoms with Gasteiger partial charge >= 0.3 is 0 Å². The van der Waals surface area contributed by atoms with Gasteiger partial charge in [-0.05, 0) is 86.1 Å². The van der Waals surface area contributed by atoms with Crippen LogP contribution in [0, 0.1) is 12.7 Å². The fraction of sp³-hybridized carbons (Fsp3) is 0.333. The minimum Gasteiger partial charge on any atom is -0.438 e. The van der Waals surface area contributed by atoms with Crippen molar-refractivity contribution in [3.05, 3.63) is 114 Å². The standard InChI is InChI=1S/C39H41FN6O4/c1-26-5-2-8-36-44-35(25-46(26)36)38(48)43-32-15-13-31(14-16-32)42-37(47)34-22-30(40)23-41-39(34)50-33-7-3-6-29(21-33)28-11-9-27(10-12-28)24-45-17-4-19-49-20-18-45/h2-3,5-12,21-23,25,31-32H,4,13-20,24H2,1H3,(H,42,47)(H,43,48). The minimum atomic E-state index is -0.627. The number of nitrogens with zero attached hydrogens (tertiary/aromatic N) is 4. The van der Waals surface area contributed by atoms with Gasteiger partial charge in [0.2, 0.25) is 5.88 Å². The van der Waals surface area contributed by atoms with Crippen molar-refractivity contribution in [2.75, 3.05) is 26.3 Å². The third-order valence-corrected chi connectivity index (χ3v) is 9.45. The summed E-state index contributed by atoms with van der Waals surface area (Å²) in [7, 11) is 0. The molecular formula is C39H41FN6O4. The Morgan fingerprint density at radius 1 is 0.900 bits per heavy atom. The molecule has 0 spiro atoms. The summed E-state index contributed by atoms with van der Waals surface area (Å²) in [6, 6.07) is 22.8. The molecule has 2 fully saturated rings. The van der Waals surface area contributed by atoms with Crippen LogP contribution in [-0.4, -0.2) is 69.5 Å². The number of imidazole rings is 1. The Hall–Kier alpha value is -5.13. The van der Waals surface area contributed by atoms with Gasteiger partial charge in [-0.1, -0.05) is 42.5 Å². The number of hydrogen-bond donors (Lipinski definition) is 2. The Bertz CT molecular complexity index is 1960. The first kappa shape index (κ1) is 33.4. The maximum atomic E-state index is 14.4. The number of nitrogens with one attached hydrogen (secondary N) is 2. The summed E-state index contributed by atoms with van der Waals surface area (Å²) in [4.78, 5) is 37.4. The largest absolute Gasteiger partial charge is 0.438 e. The summed E-state index contributed by atoms with van der Waals surface area (Å²) < 4.78 is 27.9. The van der Waals surface area contributed by atoms with E-state index in [0.29, 0.717) is 37.1 Å². The molecular weight excluding hydrogens is 635 g/mol. The lowest BCUT2D eigenvalue weighted by Gasteiger charge is -2.29. The predicted octanol–water partition coefficient (Wildman–Crippen LogP) is 6.33. The average molecular weight is 677 g/mol. The molecule has 0 unspecified atom stereocenters. The van der Waals surface area contributed by atoms with Crippen molar-refractivity contribution in [1.29, 1.82) is 0 Å². The normalized spacial score (nSPS) is 18.4. The number of rotatable bonds is 9.